The van der Waals surface area contributed by atoms with Crippen LogP contribution >= 0.6 is 0 Å². The summed E-state index contributed by atoms with van der Waals surface area (Å²) in [6.45, 7) is 6.09. The third-order valence-corrected chi connectivity index (χ3v) is 3.19. The monoisotopic (exact) mass is 252 g/mol. The van der Waals surface area contributed by atoms with Crippen LogP contribution in [0.15, 0.2) is 0 Å². The highest BCUT2D eigenvalue weighted by Crippen LogP contribution is 2.18. The van der Waals surface area contributed by atoms with Crippen molar-refractivity contribution in [1.82, 2.24) is 15.1 Å². The van der Waals surface area contributed by atoms with Crippen LogP contribution in [0.25, 0.3) is 0 Å². The molecule has 2 N–H and O–H groups in total. The second kappa shape index (κ2) is 5.49. The third-order valence-electron chi connectivity index (χ3n) is 3.19. The number of carbonyl (C=O) groups is 1. The van der Waals surface area contributed by atoms with Crippen LogP contribution in [0.4, 0.5) is 5.69 Å². The molecule has 1 aromatic rings. The molecule has 0 spiro atoms. The highest BCUT2D eigenvalue weighted by atomic mass is 16.5. The van der Waals surface area contributed by atoms with Crippen molar-refractivity contribution in [2.75, 3.05) is 25.0 Å². The van der Waals surface area contributed by atoms with E-state index in [0.29, 0.717) is 13.0 Å². The third kappa shape index (κ3) is 2.88. The molecule has 0 aromatic carbocycles. The molecule has 1 fully saturated rings. The molecule has 1 unspecified atom stereocenters. The van der Waals surface area contributed by atoms with E-state index in [4.69, 9.17) is 4.74 Å². The molecule has 2 rings (SSSR count). The minimum absolute atomic E-state index is 0.0251. The summed E-state index contributed by atoms with van der Waals surface area (Å²) in [7, 11) is 1.87. The van der Waals surface area contributed by atoms with E-state index < -0.39 is 0 Å². The lowest BCUT2D eigenvalue weighted by Gasteiger charge is -2.23. The Morgan fingerprint density at radius 3 is 2.94 bits per heavy atom. The van der Waals surface area contributed by atoms with Gasteiger partial charge in [0.2, 0.25) is 5.91 Å². The average Bonchev–Trinajstić information content (AvgIpc) is 2.57. The van der Waals surface area contributed by atoms with Gasteiger partial charge in [0.25, 0.3) is 0 Å². The summed E-state index contributed by atoms with van der Waals surface area (Å²) >= 11 is 0. The molecule has 1 amide bonds. The zero-order valence-electron chi connectivity index (χ0n) is 11.1. The molecule has 0 radical (unpaired) electrons. The summed E-state index contributed by atoms with van der Waals surface area (Å²) < 4.78 is 7.28. The number of aromatic nitrogens is 2. The number of hydrogen-bond acceptors (Lipinski definition) is 4. The topological polar surface area (TPSA) is 68.2 Å². The van der Waals surface area contributed by atoms with E-state index in [-0.39, 0.29) is 12.0 Å². The van der Waals surface area contributed by atoms with E-state index in [1.165, 1.54) is 0 Å². The molecule has 6 nitrogen and oxygen atoms in total. The van der Waals surface area contributed by atoms with Crippen LogP contribution in [0.2, 0.25) is 0 Å². The maximum Gasteiger partial charge on any atom is 0.227 e. The predicted octanol–water partition coefficient (Wildman–Crippen LogP) is 0.354. The highest BCUT2D eigenvalue weighted by molar-refractivity contribution is 5.92. The number of nitrogens with one attached hydrogen (secondary N) is 2. The molecule has 2 heterocycles. The fraction of sp³-hybridized carbons (Fsp3) is 0.667. The first kappa shape index (κ1) is 13.0. The normalized spacial score (nSPS) is 19.8. The number of ether oxygens (including phenoxy) is 1. The summed E-state index contributed by atoms with van der Waals surface area (Å²) in [5.74, 6) is -0.0251. The second-order valence-corrected chi connectivity index (χ2v) is 4.62. The molecule has 100 valence electrons. The maximum absolute atomic E-state index is 11.9. The Hall–Kier alpha value is -1.40. The first-order chi connectivity index (χ1) is 8.58. The summed E-state index contributed by atoms with van der Waals surface area (Å²) in [6.07, 6.45) is 0.344. The quantitative estimate of drug-likeness (QED) is 0.814. The number of rotatable bonds is 3. The molecule has 0 saturated carbocycles. The van der Waals surface area contributed by atoms with Gasteiger partial charge in [0.05, 0.1) is 36.2 Å². The molecule has 6 heteroatoms. The zero-order chi connectivity index (χ0) is 13.1. The van der Waals surface area contributed by atoms with Crippen molar-refractivity contribution in [2.45, 2.75) is 26.4 Å². The Bertz CT molecular complexity index is 436. The van der Waals surface area contributed by atoms with E-state index in [1.54, 1.807) is 4.68 Å². The van der Waals surface area contributed by atoms with E-state index in [9.17, 15) is 4.79 Å². The van der Waals surface area contributed by atoms with Crippen molar-refractivity contribution >= 4 is 11.6 Å². The van der Waals surface area contributed by atoms with Gasteiger partial charge >= 0.3 is 0 Å². The number of carbonyl (C=O) groups excluding carboxylic acids is 1. The van der Waals surface area contributed by atoms with Crippen LogP contribution in [0.5, 0.6) is 0 Å². The molecule has 1 atom stereocenters. The largest absolute Gasteiger partial charge is 0.375 e. The minimum atomic E-state index is -0.0315. The number of hydrogen-bond donors (Lipinski definition) is 2. The molecular weight excluding hydrogens is 232 g/mol. The van der Waals surface area contributed by atoms with Crippen molar-refractivity contribution < 1.29 is 9.53 Å². The Labute approximate surface area is 107 Å². The molecular formula is C12H20N4O2. The van der Waals surface area contributed by atoms with Crippen LogP contribution in [0.3, 0.4) is 0 Å². The SMILES string of the molecule is Cc1nn(C)c(C)c1NC(=O)CC1CNCCO1. The van der Waals surface area contributed by atoms with Crippen LogP contribution in [-0.2, 0) is 16.6 Å². The lowest BCUT2D eigenvalue weighted by atomic mass is 10.2. The Morgan fingerprint density at radius 2 is 2.39 bits per heavy atom. The van der Waals surface area contributed by atoms with Gasteiger partial charge in [0.15, 0.2) is 0 Å². The van der Waals surface area contributed by atoms with Crippen LogP contribution in [-0.4, -0.2) is 41.5 Å². The fourth-order valence-electron chi connectivity index (χ4n) is 2.10. The highest BCUT2D eigenvalue weighted by Gasteiger charge is 2.19. The van der Waals surface area contributed by atoms with Gasteiger partial charge in [-0.05, 0) is 13.8 Å². The predicted molar refractivity (Wildman–Crippen MR) is 68.5 cm³/mol. The summed E-state index contributed by atoms with van der Waals surface area (Å²) in [4.78, 5) is 11.9. The van der Waals surface area contributed by atoms with E-state index in [2.05, 4.69) is 15.7 Å². The Balaban J connectivity index is 1.94. The van der Waals surface area contributed by atoms with E-state index in [1.807, 2.05) is 20.9 Å². The number of morpholine rings is 1. The van der Waals surface area contributed by atoms with Gasteiger partial charge < -0.3 is 15.4 Å². The molecule has 18 heavy (non-hydrogen) atoms. The smallest absolute Gasteiger partial charge is 0.227 e. The van der Waals surface area contributed by atoms with Crippen molar-refractivity contribution in [3.63, 3.8) is 0 Å². The van der Waals surface area contributed by atoms with Crippen molar-refractivity contribution in [1.29, 1.82) is 0 Å². The minimum Gasteiger partial charge on any atom is -0.375 e. The molecule has 0 aliphatic carbocycles. The van der Waals surface area contributed by atoms with Crippen molar-refractivity contribution in [3.8, 4) is 0 Å². The van der Waals surface area contributed by atoms with Gasteiger partial charge in [-0.3, -0.25) is 9.48 Å². The second-order valence-electron chi connectivity index (χ2n) is 4.62. The first-order valence-electron chi connectivity index (χ1n) is 6.20. The van der Waals surface area contributed by atoms with Gasteiger partial charge in [-0.2, -0.15) is 5.10 Å². The number of aryl methyl sites for hydroxylation is 2. The van der Waals surface area contributed by atoms with Crippen LogP contribution in [0, 0.1) is 13.8 Å². The summed E-state index contributed by atoms with van der Waals surface area (Å²) in [5.41, 5.74) is 2.61. The average molecular weight is 252 g/mol. The fourth-order valence-corrected chi connectivity index (χ4v) is 2.10. The van der Waals surface area contributed by atoms with Crippen LogP contribution < -0.4 is 10.6 Å². The maximum atomic E-state index is 11.9. The number of amides is 1. The molecule has 1 aliphatic heterocycles. The lowest BCUT2D eigenvalue weighted by molar-refractivity contribution is -0.119. The standard InChI is InChI=1S/C12H20N4O2/c1-8-12(9(2)16(3)15-8)14-11(17)6-10-7-13-4-5-18-10/h10,13H,4-7H2,1-3H3,(H,14,17). The van der Waals surface area contributed by atoms with Crippen molar-refractivity contribution in [3.05, 3.63) is 11.4 Å². The summed E-state index contributed by atoms with van der Waals surface area (Å²) in [6, 6.07) is 0. The molecule has 0 bridgehead atoms. The lowest BCUT2D eigenvalue weighted by Crippen LogP contribution is -2.40. The van der Waals surface area contributed by atoms with Gasteiger partial charge in [-0.1, -0.05) is 0 Å². The van der Waals surface area contributed by atoms with E-state index in [0.717, 1.165) is 30.2 Å². The molecule has 1 aliphatic rings. The van der Waals surface area contributed by atoms with Gasteiger partial charge in [0.1, 0.15) is 0 Å². The first-order valence-corrected chi connectivity index (χ1v) is 6.20. The Morgan fingerprint density at radius 1 is 1.61 bits per heavy atom. The Kier molecular flexibility index (Phi) is 3.98. The van der Waals surface area contributed by atoms with Gasteiger partial charge in [0, 0.05) is 20.1 Å². The molecule has 1 aromatic heterocycles. The van der Waals surface area contributed by atoms with Crippen LogP contribution in [0.1, 0.15) is 17.8 Å². The van der Waals surface area contributed by atoms with E-state index >= 15 is 0 Å². The van der Waals surface area contributed by atoms with Gasteiger partial charge in [-0.25, -0.2) is 0 Å². The summed E-state index contributed by atoms with van der Waals surface area (Å²) in [5, 5.41) is 10.4. The number of nitrogens with zero attached hydrogens (tertiary/aromatic N) is 2. The zero-order valence-corrected chi connectivity index (χ0v) is 11.1. The van der Waals surface area contributed by atoms with Gasteiger partial charge in [-0.15, -0.1) is 0 Å². The number of anilines is 1. The van der Waals surface area contributed by atoms with Crippen molar-refractivity contribution in [2.24, 2.45) is 7.05 Å². The molecule has 1 saturated heterocycles.